The van der Waals surface area contributed by atoms with E-state index in [1.54, 1.807) is 6.92 Å². The highest BCUT2D eigenvalue weighted by Crippen LogP contribution is 2.21. The van der Waals surface area contributed by atoms with Crippen molar-refractivity contribution in [3.05, 3.63) is 0 Å². The number of carbonyl (C=O) groups is 1. The van der Waals surface area contributed by atoms with Gasteiger partial charge in [-0.2, -0.15) is 0 Å². The maximum atomic E-state index is 11.4. The van der Waals surface area contributed by atoms with Gasteiger partial charge in [0, 0.05) is 45.7 Å². The third-order valence-electron chi connectivity index (χ3n) is 5.10. The number of aliphatic hydroxyl groups excluding tert-OH is 1. The lowest BCUT2D eigenvalue weighted by atomic mass is 9.95. The number of hydrogen-bond donors (Lipinski definition) is 1. The highest BCUT2D eigenvalue weighted by molar-refractivity contribution is 5.73. The normalized spacial score (nSPS) is 25.5. The summed E-state index contributed by atoms with van der Waals surface area (Å²) in [7, 11) is 2.24. The molecule has 0 radical (unpaired) electrons. The van der Waals surface area contributed by atoms with Crippen molar-refractivity contribution in [3.63, 3.8) is 0 Å². The van der Waals surface area contributed by atoms with Gasteiger partial charge >= 0.3 is 0 Å². The standard InChI is InChI=1S/C16H31N3O2/c1-14(21)19-8-5-16(6-9-19)17(2)12-15-4-3-7-18(13-15)10-11-20/h15-16,20H,3-13H2,1-2H3. The molecule has 1 atom stereocenters. The molecule has 5 nitrogen and oxygen atoms in total. The van der Waals surface area contributed by atoms with Gasteiger partial charge in [-0.15, -0.1) is 0 Å². The van der Waals surface area contributed by atoms with Crippen LogP contribution in [0.15, 0.2) is 0 Å². The van der Waals surface area contributed by atoms with Gasteiger partial charge in [-0.3, -0.25) is 4.79 Å². The van der Waals surface area contributed by atoms with E-state index < -0.39 is 0 Å². The molecular formula is C16H31N3O2. The summed E-state index contributed by atoms with van der Waals surface area (Å²) in [6, 6.07) is 0.619. The summed E-state index contributed by atoms with van der Waals surface area (Å²) in [5.41, 5.74) is 0. The number of likely N-dealkylation sites (tertiary alicyclic amines) is 2. The van der Waals surface area contributed by atoms with Crippen molar-refractivity contribution in [2.24, 2.45) is 5.92 Å². The number of piperidine rings is 2. The fourth-order valence-electron chi connectivity index (χ4n) is 3.82. The lowest BCUT2D eigenvalue weighted by Gasteiger charge is -2.40. The number of rotatable bonds is 5. The zero-order chi connectivity index (χ0) is 15.2. The van der Waals surface area contributed by atoms with Gasteiger partial charge in [-0.1, -0.05) is 0 Å². The number of amides is 1. The van der Waals surface area contributed by atoms with Crippen molar-refractivity contribution in [2.45, 2.75) is 38.6 Å². The summed E-state index contributed by atoms with van der Waals surface area (Å²) >= 11 is 0. The van der Waals surface area contributed by atoms with Crippen LogP contribution in [0.3, 0.4) is 0 Å². The van der Waals surface area contributed by atoms with Crippen LogP contribution in [-0.2, 0) is 4.79 Å². The molecule has 2 rings (SSSR count). The molecule has 0 aromatic heterocycles. The van der Waals surface area contributed by atoms with Crippen LogP contribution in [0.5, 0.6) is 0 Å². The second-order valence-electron chi connectivity index (χ2n) is 6.71. The topological polar surface area (TPSA) is 47.0 Å². The van der Waals surface area contributed by atoms with E-state index in [-0.39, 0.29) is 12.5 Å². The van der Waals surface area contributed by atoms with Gasteiger partial charge in [0.1, 0.15) is 0 Å². The molecule has 1 unspecified atom stereocenters. The maximum absolute atomic E-state index is 11.4. The molecule has 1 N–H and O–H groups in total. The monoisotopic (exact) mass is 297 g/mol. The third kappa shape index (κ3) is 4.94. The lowest BCUT2D eigenvalue weighted by molar-refractivity contribution is -0.130. The Hall–Kier alpha value is -0.650. The molecule has 2 heterocycles. The van der Waals surface area contributed by atoms with E-state index in [4.69, 9.17) is 5.11 Å². The first-order valence-corrected chi connectivity index (χ1v) is 8.39. The zero-order valence-electron chi connectivity index (χ0n) is 13.6. The fourth-order valence-corrected chi connectivity index (χ4v) is 3.82. The molecule has 0 aliphatic carbocycles. The van der Waals surface area contributed by atoms with Crippen molar-refractivity contribution in [3.8, 4) is 0 Å². The smallest absolute Gasteiger partial charge is 0.219 e. The lowest BCUT2D eigenvalue weighted by Crippen LogP contribution is -2.48. The molecule has 122 valence electrons. The van der Waals surface area contributed by atoms with Gasteiger partial charge in [0.05, 0.1) is 6.61 Å². The molecule has 2 aliphatic rings. The van der Waals surface area contributed by atoms with Crippen molar-refractivity contribution >= 4 is 5.91 Å². The summed E-state index contributed by atoms with van der Waals surface area (Å²) in [6.07, 6.45) is 4.76. The molecular weight excluding hydrogens is 266 g/mol. The van der Waals surface area contributed by atoms with Gasteiger partial charge in [-0.05, 0) is 45.2 Å². The number of carbonyl (C=O) groups excluding carboxylic acids is 1. The first-order valence-electron chi connectivity index (χ1n) is 8.39. The zero-order valence-corrected chi connectivity index (χ0v) is 13.6. The highest BCUT2D eigenvalue weighted by atomic mass is 16.3. The number of β-amino-alcohol motifs (C(OH)–C–C–N with tert-alkyl or cyclic N) is 1. The molecule has 0 aromatic carbocycles. The highest BCUT2D eigenvalue weighted by Gasteiger charge is 2.26. The molecule has 2 saturated heterocycles. The van der Waals surface area contributed by atoms with Gasteiger partial charge in [0.2, 0.25) is 5.91 Å². The van der Waals surface area contributed by atoms with Crippen LogP contribution < -0.4 is 0 Å². The van der Waals surface area contributed by atoms with Crippen molar-refractivity contribution < 1.29 is 9.90 Å². The van der Waals surface area contributed by atoms with Crippen molar-refractivity contribution in [1.29, 1.82) is 0 Å². The van der Waals surface area contributed by atoms with Gasteiger partial charge in [-0.25, -0.2) is 0 Å². The SMILES string of the molecule is CC(=O)N1CCC(N(C)CC2CCCN(CCO)C2)CC1. The summed E-state index contributed by atoms with van der Waals surface area (Å²) in [5.74, 6) is 0.934. The third-order valence-corrected chi connectivity index (χ3v) is 5.10. The van der Waals surface area contributed by atoms with E-state index in [0.717, 1.165) is 58.0 Å². The predicted octanol–water partition coefficient (Wildman–Crippen LogP) is 0.633. The van der Waals surface area contributed by atoms with Gasteiger partial charge in [0.15, 0.2) is 0 Å². The quantitative estimate of drug-likeness (QED) is 0.809. The number of aliphatic hydroxyl groups is 1. The summed E-state index contributed by atoms with van der Waals surface area (Å²) < 4.78 is 0. The predicted molar refractivity (Wildman–Crippen MR) is 84.2 cm³/mol. The van der Waals surface area contributed by atoms with E-state index >= 15 is 0 Å². The Morgan fingerprint density at radius 3 is 2.57 bits per heavy atom. The molecule has 0 spiro atoms. The second kappa shape index (κ2) is 8.11. The minimum atomic E-state index is 0.211. The Bertz CT molecular complexity index is 327. The van der Waals surface area contributed by atoms with Gasteiger partial charge < -0.3 is 19.8 Å². The van der Waals surface area contributed by atoms with Gasteiger partial charge in [0.25, 0.3) is 0 Å². The van der Waals surface area contributed by atoms with Crippen LogP contribution in [0.2, 0.25) is 0 Å². The molecule has 21 heavy (non-hydrogen) atoms. The van der Waals surface area contributed by atoms with Crippen LogP contribution >= 0.6 is 0 Å². The summed E-state index contributed by atoms with van der Waals surface area (Å²) in [5, 5.41) is 9.08. The minimum Gasteiger partial charge on any atom is -0.395 e. The largest absolute Gasteiger partial charge is 0.395 e. The van der Waals surface area contributed by atoms with Crippen LogP contribution in [0, 0.1) is 5.92 Å². The Labute approximate surface area is 128 Å². The molecule has 2 fully saturated rings. The van der Waals surface area contributed by atoms with Crippen molar-refractivity contribution in [2.75, 3.05) is 52.9 Å². The van der Waals surface area contributed by atoms with E-state index in [0.29, 0.717) is 6.04 Å². The first kappa shape index (κ1) is 16.7. The molecule has 0 bridgehead atoms. The average molecular weight is 297 g/mol. The molecule has 0 saturated carbocycles. The molecule has 2 aliphatic heterocycles. The molecule has 0 aromatic rings. The second-order valence-corrected chi connectivity index (χ2v) is 6.71. The average Bonchev–Trinajstić information content (AvgIpc) is 2.48. The maximum Gasteiger partial charge on any atom is 0.219 e. The Kier molecular flexibility index (Phi) is 6.45. The Morgan fingerprint density at radius 1 is 1.24 bits per heavy atom. The van der Waals surface area contributed by atoms with Crippen LogP contribution in [0.4, 0.5) is 0 Å². The van der Waals surface area contributed by atoms with Crippen LogP contribution in [0.1, 0.15) is 32.6 Å². The number of nitrogens with zero attached hydrogens (tertiary/aromatic N) is 3. The molecule has 5 heteroatoms. The van der Waals surface area contributed by atoms with E-state index in [2.05, 4.69) is 16.8 Å². The fraction of sp³-hybridized carbons (Fsp3) is 0.938. The van der Waals surface area contributed by atoms with E-state index in [1.807, 2.05) is 4.90 Å². The Morgan fingerprint density at radius 2 is 1.95 bits per heavy atom. The summed E-state index contributed by atoms with van der Waals surface area (Å²) in [4.78, 5) is 18.2. The first-order chi connectivity index (χ1) is 10.1. The number of hydrogen-bond acceptors (Lipinski definition) is 4. The summed E-state index contributed by atoms with van der Waals surface area (Å²) in [6.45, 7) is 7.98. The van der Waals surface area contributed by atoms with Crippen molar-refractivity contribution in [1.82, 2.24) is 14.7 Å². The minimum absolute atomic E-state index is 0.211. The van der Waals surface area contributed by atoms with Crippen LogP contribution in [0.25, 0.3) is 0 Å². The Balaban J connectivity index is 1.74. The molecule has 1 amide bonds. The van der Waals surface area contributed by atoms with E-state index in [1.165, 1.54) is 12.8 Å². The van der Waals surface area contributed by atoms with Crippen LogP contribution in [-0.4, -0.2) is 84.7 Å². The van der Waals surface area contributed by atoms with E-state index in [9.17, 15) is 4.79 Å².